The van der Waals surface area contributed by atoms with E-state index in [2.05, 4.69) is 0 Å². The second-order valence-corrected chi connectivity index (χ2v) is 3.60. The van der Waals surface area contributed by atoms with Crippen LogP contribution in [0.15, 0.2) is 23.1 Å². The van der Waals surface area contributed by atoms with Crippen LogP contribution >= 0.6 is 0 Å². The van der Waals surface area contributed by atoms with Crippen molar-refractivity contribution in [3.63, 3.8) is 0 Å². The summed E-state index contributed by atoms with van der Waals surface area (Å²) in [5, 5.41) is 8.47. The quantitative estimate of drug-likeness (QED) is 0.327. The van der Waals surface area contributed by atoms with Crippen LogP contribution in [0.25, 0.3) is 0 Å². The normalized spacial score (nSPS) is 10.4. The molecule has 0 aliphatic rings. The summed E-state index contributed by atoms with van der Waals surface area (Å²) in [7, 11) is -4.38. The van der Waals surface area contributed by atoms with Crippen LogP contribution in [-0.2, 0) is 10.1 Å². The Balaban J connectivity index is 0.00000169. The van der Waals surface area contributed by atoms with E-state index in [0.29, 0.717) is 0 Å². The number of benzene rings is 1. The molecule has 0 bridgehead atoms. The van der Waals surface area contributed by atoms with Crippen molar-refractivity contribution in [3.8, 4) is 0 Å². The van der Waals surface area contributed by atoms with Crippen molar-refractivity contribution in [1.29, 1.82) is 0 Å². The molecule has 1 rings (SSSR count). The van der Waals surface area contributed by atoms with Gasteiger partial charge in [0, 0.05) is 4.90 Å². The third-order valence-corrected chi connectivity index (χ3v) is 2.07. The number of rotatable bonds is 2. The van der Waals surface area contributed by atoms with Crippen LogP contribution < -0.4 is 29.6 Å². The van der Waals surface area contributed by atoms with Crippen LogP contribution in [-0.4, -0.2) is 24.0 Å². The Labute approximate surface area is 103 Å². The predicted octanol–water partition coefficient (Wildman–Crippen LogP) is -2.56. The van der Waals surface area contributed by atoms with E-state index in [4.69, 9.17) is 9.66 Å². The van der Waals surface area contributed by atoms with Gasteiger partial charge in [-0.15, -0.1) is 24.3 Å². The first-order chi connectivity index (χ1) is 5.91. The maximum atomic E-state index is 10.5. The van der Waals surface area contributed by atoms with Crippen molar-refractivity contribution < 1.29 is 52.4 Å². The molecule has 1 aromatic rings. The van der Waals surface area contributed by atoms with Crippen molar-refractivity contribution >= 4 is 16.1 Å². The molecular weight excluding hydrogens is 219 g/mol. The monoisotopic (exact) mass is 224 g/mol. The molecule has 0 fully saturated rings. The molecule has 5 nitrogen and oxygen atoms in total. The Morgan fingerprint density at radius 1 is 1.36 bits per heavy atom. The molecule has 0 radical (unpaired) electrons. The molecule has 0 aromatic heterocycles. The zero-order valence-electron chi connectivity index (χ0n) is 7.26. The second-order valence-electron chi connectivity index (χ2n) is 2.21. The van der Waals surface area contributed by atoms with Crippen LogP contribution in [0.1, 0.15) is 10.4 Å². The van der Waals surface area contributed by atoms with E-state index in [9.17, 15) is 13.2 Å². The third-order valence-electron chi connectivity index (χ3n) is 1.28. The number of hydrogen-bond donors (Lipinski definition) is 2. The minimum Gasteiger partial charge on any atom is -0.521 e. The predicted molar refractivity (Wildman–Crippen MR) is 42.1 cm³/mol. The van der Waals surface area contributed by atoms with Gasteiger partial charge in [-0.1, -0.05) is 5.56 Å². The van der Waals surface area contributed by atoms with Gasteiger partial charge in [-0.25, -0.2) is 0 Å². The van der Waals surface area contributed by atoms with Gasteiger partial charge in [0.1, 0.15) is 0 Å². The van der Waals surface area contributed by atoms with Gasteiger partial charge in [-0.2, -0.15) is 8.42 Å². The molecule has 70 valence electrons. The molecule has 0 atom stereocenters. The van der Waals surface area contributed by atoms with E-state index in [1.165, 1.54) is 12.1 Å². The van der Waals surface area contributed by atoms with Gasteiger partial charge in [0.25, 0.3) is 10.1 Å². The maximum Gasteiger partial charge on any atom is 1.00 e. The van der Waals surface area contributed by atoms with Crippen molar-refractivity contribution in [1.82, 2.24) is 0 Å². The van der Waals surface area contributed by atoms with Crippen LogP contribution in [0.2, 0.25) is 0 Å². The Kier molecular flexibility index (Phi) is 4.76. The summed E-state index contributed by atoms with van der Waals surface area (Å²) in [6, 6.07) is 5.49. The fourth-order valence-electron chi connectivity index (χ4n) is 0.723. The van der Waals surface area contributed by atoms with E-state index >= 15 is 0 Å². The molecule has 0 aliphatic carbocycles. The van der Waals surface area contributed by atoms with Crippen molar-refractivity contribution in [2.75, 3.05) is 0 Å². The maximum absolute atomic E-state index is 10.5. The Hall–Kier alpha value is -0.400. The standard InChI is InChI=1S/C7H5O5S.Na/c8-7(9)5-2-1-3-6(4-5)13(10,11)12;/h1-3H,(H,8,9)(H,10,11,12);/q-1;+1. The first-order valence-corrected chi connectivity index (χ1v) is 4.58. The first kappa shape index (κ1) is 13.6. The summed E-state index contributed by atoms with van der Waals surface area (Å²) in [4.78, 5) is 9.82. The molecule has 14 heavy (non-hydrogen) atoms. The van der Waals surface area contributed by atoms with E-state index in [1.807, 2.05) is 6.07 Å². The van der Waals surface area contributed by atoms with E-state index < -0.39 is 21.0 Å². The number of carboxylic acid groups (broad SMARTS) is 1. The van der Waals surface area contributed by atoms with Crippen LogP contribution in [0.4, 0.5) is 0 Å². The van der Waals surface area contributed by atoms with Crippen molar-refractivity contribution in [2.45, 2.75) is 4.90 Å². The fourth-order valence-corrected chi connectivity index (χ4v) is 1.21. The summed E-state index contributed by atoms with van der Waals surface area (Å²) in [5.74, 6) is -1.30. The number of aromatic carboxylic acids is 1. The Bertz CT molecular complexity index is 439. The smallest absolute Gasteiger partial charge is 0.521 e. The van der Waals surface area contributed by atoms with Gasteiger partial charge >= 0.3 is 29.6 Å². The Morgan fingerprint density at radius 2 is 1.93 bits per heavy atom. The van der Waals surface area contributed by atoms with Gasteiger partial charge in [0.2, 0.25) is 5.97 Å². The molecule has 0 aliphatic heterocycles. The molecule has 0 saturated carbocycles. The van der Waals surface area contributed by atoms with Crippen molar-refractivity contribution in [2.24, 2.45) is 0 Å². The molecule has 0 unspecified atom stereocenters. The largest absolute Gasteiger partial charge is 1.00 e. The second kappa shape index (κ2) is 4.90. The van der Waals surface area contributed by atoms with E-state index in [1.54, 1.807) is 0 Å². The number of hydrogen-bond acceptors (Lipinski definition) is 3. The van der Waals surface area contributed by atoms with Gasteiger partial charge in [0.05, 0.1) is 0 Å². The fraction of sp³-hybridized carbons (Fsp3) is 0. The molecule has 0 saturated heterocycles. The van der Waals surface area contributed by atoms with Crippen molar-refractivity contribution in [3.05, 3.63) is 29.8 Å². The van der Waals surface area contributed by atoms with Crippen LogP contribution in [0, 0.1) is 6.07 Å². The Morgan fingerprint density at radius 3 is 2.36 bits per heavy atom. The summed E-state index contributed by atoms with van der Waals surface area (Å²) in [6.07, 6.45) is 0. The van der Waals surface area contributed by atoms with Gasteiger partial charge in [0.15, 0.2) is 0 Å². The van der Waals surface area contributed by atoms with Gasteiger partial charge in [-0.3, -0.25) is 4.55 Å². The van der Waals surface area contributed by atoms with E-state index in [0.717, 1.165) is 6.07 Å². The molecule has 2 N–H and O–H groups in total. The summed E-state index contributed by atoms with van der Waals surface area (Å²) < 4.78 is 29.6. The summed E-state index contributed by atoms with van der Waals surface area (Å²) >= 11 is 0. The zero-order chi connectivity index (χ0) is 10.1. The zero-order valence-corrected chi connectivity index (χ0v) is 10.1. The molecule has 0 heterocycles. The summed E-state index contributed by atoms with van der Waals surface area (Å²) in [6.45, 7) is 0. The number of carbonyl (C=O) groups is 1. The minimum atomic E-state index is -4.38. The average Bonchev–Trinajstić information content (AvgIpc) is 2.03. The van der Waals surface area contributed by atoms with Gasteiger partial charge < -0.3 is 9.90 Å². The molecule has 7 heteroatoms. The molecule has 0 spiro atoms. The minimum absolute atomic E-state index is 0. The topological polar surface area (TPSA) is 91.7 Å². The summed E-state index contributed by atoms with van der Waals surface area (Å²) in [5.41, 5.74) is -0.310. The van der Waals surface area contributed by atoms with Crippen LogP contribution in [0.5, 0.6) is 0 Å². The van der Waals surface area contributed by atoms with Gasteiger partial charge in [-0.05, 0) is 0 Å². The molecule has 0 amide bonds. The average molecular weight is 224 g/mol. The van der Waals surface area contributed by atoms with E-state index in [-0.39, 0.29) is 35.1 Å². The van der Waals surface area contributed by atoms with Crippen LogP contribution in [0.3, 0.4) is 0 Å². The molecular formula is C7H5NaO5S. The molecule has 1 aromatic carbocycles. The third kappa shape index (κ3) is 3.39. The number of carboxylic acids is 1. The first-order valence-electron chi connectivity index (χ1n) is 3.14. The SMILES string of the molecule is O=C(O)c1[c-]c(S(=O)(=O)O)ccc1.[Na+].